The number of fused-ring (bicyclic) bond motifs is 1. The average molecular weight is 464 g/mol. The van der Waals surface area contributed by atoms with Crippen LogP contribution in [0, 0.1) is 5.92 Å². The summed E-state index contributed by atoms with van der Waals surface area (Å²) < 4.78 is 36.0. The third kappa shape index (κ3) is 3.67. The Balaban J connectivity index is 1.62. The first-order chi connectivity index (χ1) is 12.3. The number of nitrogens with zero attached hydrogens (tertiary/aromatic N) is 2. The van der Waals surface area contributed by atoms with Gasteiger partial charge < -0.3 is 4.74 Å². The third-order valence-electron chi connectivity index (χ3n) is 5.05. The average Bonchev–Trinajstić information content (AvgIpc) is 3.22. The first-order valence-corrected chi connectivity index (χ1v) is 11.6. The van der Waals surface area contributed by atoms with E-state index in [2.05, 4.69) is 21.0 Å². The number of benzene rings is 1. The van der Waals surface area contributed by atoms with Crippen LogP contribution in [0.4, 0.5) is 0 Å². The summed E-state index contributed by atoms with van der Waals surface area (Å²) in [5.74, 6) is 0.352. The minimum absolute atomic E-state index is 0.0492. The summed E-state index contributed by atoms with van der Waals surface area (Å²) in [6, 6.07) is 1.94. The predicted molar refractivity (Wildman–Crippen MR) is 103 cm³/mol. The number of rotatable bonds is 5. The predicted octanol–water partition coefficient (Wildman–Crippen LogP) is 4.23. The summed E-state index contributed by atoms with van der Waals surface area (Å²) in [5, 5.41) is 6.18. The lowest BCUT2D eigenvalue weighted by Gasteiger charge is -2.23. The molecule has 0 N–H and O–H groups in total. The maximum atomic E-state index is 11.2. The normalized spacial score (nSPS) is 26.3. The van der Waals surface area contributed by atoms with E-state index in [1.807, 2.05) is 16.9 Å². The Morgan fingerprint density at radius 2 is 2.27 bits per heavy atom. The lowest BCUT2D eigenvalue weighted by atomic mass is 10.1. The molecule has 2 aromatic rings. The zero-order valence-electron chi connectivity index (χ0n) is 14.3. The molecule has 2 heterocycles. The molecule has 0 amide bonds. The van der Waals surface area contributed by atoms with Crippen molar-refractivity contribution in [3.8, 4) is 0 Å². The quantitative estimate of drug-likeness (QED) is 0.621. The summed E-state index contributed by atoms with van der Waals surface area (Å²) in [6.07, 6.45) is 6.88. The molecular formula is C17H20BrClN2O4S. The molecular weight excluding hydrogens is 444 g/mol. The molecule has 1 aromatic carbocycles. The first kappa shape index (κ1) is 18.7. The molecule has 9 heteroatoms. The van der Waals surface area contributed by atoms with Crippen molar-refractivity contribution >= 4 is 48.6 Å². The summed E-state index contributed by atoms with van der Waals surface area (Å²) in [7, 11) is -3.42. The Labute approximate surface area is 166 Å². The van der Waals surface area contributed by atoms with Gasteiger partial charge in [-0.3, -0.25) is 4.18 Å². The number of halogens is 2. The van der Waals surface area contributed by atoms with Gasteiger partial charge in [-0.05, 0) is 65.1 Å². The minimum atomic E-state index is -3.42. The van der Waals surface area contributed by atoms with E-state index in [9.17, 15) is 8.42 Å². The second kappa shape index (κ2) is 7.05. The lowest BCUT2D eigenvalue weighted by molar-refractivity contribution is -0.0366. The number of hydrogen-bond donors (Lipinski definition) is 0. The topological polar surface area (TPSA) is 70.4 Å². The number of aromatic nitrogens is 2. The highest BCUT2D eigenvalue weighted by atomic mass is 79.9. The Bertz CT molecular complexity index is 940. The molecule has 1 aliphatic carbocycles. The second-order valence-corrected chi connectivity index (χ2v) is 9.86. The molecule has 142 valence electrons. The zero-order chi connectivity index (χ0) is 18.5. The van der Waals surface area contributed by atoms with E-state index in [1.54, 1.807) is 0 Å². The summed E-state index contributed by atoms with van der Waals surface area (Å²) in [4.78, 5) is 0. The van der Waals surface area contributed by atoms with Gasteiger partial charge in [0.1, 0.15) is 0 Å². The monoisotopic (exact) mass is 462 g/mol. The molecule has 4 rings (SSSR count). The Morgan fingerprint density at radius 3 is 2.96 bits per heavy atom. The third-order valence-corrected chi connectivity index (χ3v) is 6.78. The van der Waals surface area contributed by atoms with E-state index in [-0.39, 0.29) is 24.7 Å². The van der Waals surface area contributed by atoms with Gasteiger partial charge in [-0.2, -0.15) is 13.5 Å². The van der Waals surface area contributed by atoms with Crippen LogP contribution in [-0.2, 0) is 19.0 Å². The zero-order valence-corrected chi connectivity index (χ0v) is 17.5. The van der Waals surface area contributed by atoms with Gasteiger partial charge in [0.2, 0.25) is 0 Å². The summed E-state index contributed by atoms with van der Waals surface area (Å²) in [5.41, 5.74) is 1.95. The fourth-order valence-electron chi connectivity index (χ4n) is 3.61. The van der Waals surface area contributed by atoms with Crippen LogP contribution in [-0.4, -0.2) is 37.7 Å². The highest BCUT2D eigenvalue weighted by Crippen LogP contribution is 2.53. The van der Waals surface area contributed by atoms with Crippen molar-refractivity contribution in [2.24, 2.45) is 5.92 Å². The highest BCUT2D eigenvalue weighted by Gasteiger charge is 2.42. The van der Waals surface area contributed by atoms with Crippen LogP contribution in [0.3, 0.4) is 0 Å². The molecule has 1 unspecified atom stereocenters. The van der Waals surface area contributed by atoms with Crippen LogP contribution in [0.15, 0.2) is 16.7 Å². The molecule has 1 aliphatic heterocycles. The molecule has 2 aliphatic rings. The van der Waals surface area contributed by atoms with Crippen molar-refractivity contribution in [3.05, 3.63) is 27.3 Å². The standard InChI is InChI=1S/C17H20BrClN2O4S/c1-26(22,23)25-9-10-6-11(10)16-13(19)7-14-12(17(16)18)8-20-21(14)15-4-2-3-5-24-15/h7-8,10-11,15H,2-6,9H2,1H3/t10-,11-,15?/m1/s1. The van der Waals surface area contributed by atoms with Crippen LogP contribution < -0.4 is 0 Å². The highest BCUT2D eigenvalue weighted by molar-refractivity contribution is 9.10. The van der Waals surface area contributed by atoms with Gasteiger partial charge >= 0.3 is 0 Å². The lowest BCUT2D eigenvalue weighted by Crippen LogP contribution is -2.19. The fourth-order valence-corrected chi connectivity index (χ4v) is 5.30. The first-order valence-electron chi connectivity index (χ1n) is 8.66. The molecule has 26 heavy (non-hydrogen) atoms. The van der Waals surface area contributed by atoms with Crippen molar-refractivity contribution in [1.29, 1.82) is 0 Å². The van der Waals surface area contributed by atoms with E-state index >= 15 is 0 Å². The largest absolute Gasteiger partial charge is 0.356 e. The van der Waals surface area contributed by atoms with Gasteiger partial charge in [-0.1, -0.05) is 11.6 Å². The fraction of sp³-hybridized carbons (Fsp3) is 0.588. The van der Waals surface area contributed by atoms with E-state index in [0.29, 0.717) is 5.02 Å². The summed E-state index contributed by atoms with van der Waals surface area (Å²) >= 11 is 10.3. The van der Waals surface area contributed by atoms with Gasteiger partial charge in [0.05, 0.1) is 24.6 Å². The molecule has 0 radical (unpaired) electrons. The van der Waals surface area contributed by atoms with Gasteiger partial charge in [0, 0.05) is 21.5 Å². The van der Waals surface area contributed by atoms with Gasteiger partial charge in [0.25, 0.3) is 10.1 Å². The molecule has 6 nitrogen and oxygen atoms in total. The molecule has 2 fully saturated rings. The van der Waals surface area contributed by atoms with Crippen LogP contribution in [0.25, 0.3) is 10.9 Å². The minimum Gasteiger partial charge on any atom is -0.356 e. The van der Waals surface area contributed by atoms with Crippen LogP contribution >= 0.6 is 27.5 Å². The van der Waals surface area contributed by atoms with E-state index in [1.165, 1.54) is 0 Å². The van der Waals surface area contributed by atoms with Crippen LogP contribution in [0.5, 0.6) is 0 Å². The summed E-state index contributed by atoms with van der Waals surface area (Å²) in [6.45, 7) is 0.947. The number of hydrogen-bond acceptors (Lipinski definition) is 5. The van der Waals surface area contributed by atoms with Gasteiger partial charge in [-0.15, -0.1) is 0 Å². The Morgan fingerprint density at radius 1 is 1.46 bits per heavy atom. The van der Waals surface area contributed by atoms with E-state index < -0.39 is 10.1 Å². The maximum Gasteiger partial charge on any atom is 0.264 e. The Kier molecular flexibility index (Phi) is 5.07. The molecule has 0 bridgehead atoms. The van der Waals surface area contributed by atoms with Gasteiger partial charge in [-0.25, -0.2) is 4.68 Å². The van der Waals surface area contributed by atoms with E-state index in [4.69, 9.17) is 20.5 Å². The van der Waals surface area contributed by atoms with Crippen molar-refractivity contribution in [2.45, 2.75) is 37.8 Å². The molecule has 0 spiro atoms. The molecule has 3 atom stereocenters. The molecule has 1 saturated carbocycles. The van der Waals surface area contributed by atoms with Crippen molar-refractivity contribution < 1.29 is 17.3 Å². The van der Waals surface area contributed by atoms with Crippen molar-refractivity contribution in [3.63, 3.8) is 0 Å². The van der Waals surface area contributed by atoms with E-state index in [0.717, 1.165) is 59.5 Å². The second-order valence-electron chi connectivity index (χ2n) is 7.02. The van der Waals surface area contributed by atoms with Gasteiger partial charge in [0.15, 0.2) is 6.23 Å². The molecule has 1 saturated heterocycles. The number of ether oxygens (including phenoxy) is 1. The van der Waals surface area contributed by atoms with Crippen molar-refractivity contribution in [1.82, 2.24) is 9.78 Å². The maximum absolute atomic E-state index is 11.2. The molecule has 1 aromatic heterocycles. The smallest absolute Gasteiger partial charge is 0.264 e. The van der Waals surface area contributed by atoms with Crippen LogP contribution in [0.2, 0.25) is 5.02 Å². The van der Waals surface area contributed by atoms with Crippen molar-refractivity contribution in [2.75, 3.05) is 19.5 Å². The van der Waals surface area contributed by atoms with Crippen LogP contribution in [0.1, 0.15) is 43.4 Å². The Hall–Kier alpha value is -0.670. The SMILES string of the molecule is CS(=O)(=O)OC[C@H]1C[C@H]1c1c(Cl)cc2c(cnn2C2CCCCO2)c1Br.